The van der Waals surface area contributed by atoms with Crippen LogP contribution in [0, 0.1) is 12.3 Å². The molecule has 1 aromatic carbocycles. The van der Waals surface area contributed by atoms with Gasteiger partial charge in [-0.2, -0.15) is 0 Å². The molecule has 1 aromatic rings. The maximum Gasteiger partial charge on any atom is 0.323 e. The van der Waals surface area contributed by atoms with Crippen LogP contribution < -0.4 is 5.32 Å². The van der Waals surface area contributed by atoms with E-state index in [1.54, 1.807) is 0 Å². The fraction of sp³-hybridized carbons (Fsp3) is 0.375. The smallest absolute Gasteiger partial charge is 0.323 e. The zero-order valence-electron chi connectivity index (χ0n) is 12.3. The lowest BCUT2D eigenvalue weighted by molar-refractivity contribution is -0.137. The molecule has 0 radical (unpaired) electrons. The Hall–Kier alpha value is -2.48. The summed E-state index contributed by atoms with van der Waals surface area (Å²) in [6.45, 7) is 4.10. The number of carboxylic acids is 1. The number of rotatable bonds is 6. The number of aliphatic carboxylic acids is 1. The zero-order valence-corrected chi connectivity index (χ0v) is 12.3. The summed E-state index contributed by atoms with van der Waals surface area (Å²) in [5.41, 5.74) is 2.17. The predicted octanol–water partition coefficient (Wildman–Crippen LogP) is 2.04. The molecule has 0 fully saturated rings. The second kappa shape index (κ2) is 7.95. The average Bonchev–Trinajstić information content (AvgIpc) is 2.44. The van der Waals surface area contributed by atoms with Gasteiger partial charge >= 0.3 is 12.0 Å². The molecule has 2 amide bonds. The average molecular weight is 288 g/mol. The fourth-order valence-electron chi connectivity index (χ4n) is 1.78. The van der Waals surface area contributed by atoms with Crippen LogP contribution in [0.25, 0.3) is 0 Å². The van der Waals surface area contributed by atoms with Crippen molar-refractivity contribution in [2.24, 2.45) is 0 Å². The Labute approximate surface area is 125 Å². The van der Waals surface area contributed by atoms with Crippen molar-refractivity contribution in [1.82, 2.24) is 10.2 Å². The Morgan fingerprint density at radius 2 is 1.95 bits per heavy atom. The highest BCUT2D eigenvalue weighted by molar-refractivity contribution is 5.80. The maximum atomic E-state index is 11.9. The van der Waals surface area contributed by atoms with Crippen LogP contribution in [0.3, 0.4) is 0 Å². The summed E-state index contributed by atoms with van der Waals surface area (Å²) >= 11 is 0. The summed E-state index contributed by atoms with van der Waals surface area (Å²) in [6.07, 6.45) is 5.13. The first-order valence-corrected chi connectivity index (χ1v) is 6.71. The number of nitrogens with one attached hydrogen (secondary N) is 1. The molecule has 2 N–H and O–H groups in total. The van der Waals surface area contributed by atoms with Crippen molar-refractivity contribution in [3.63, 3.8) is 0 Å². The third-order valence-corrected chi connectivity index (χ3v) is 2.99. The second-order valence-electron chi connectivity index (χ2n) is 5.01. The van der Waals surface area contributed by atoms with E-state index in [-0.39, 0.29) is 6.54 Å². The van der Waals surface area contributed by atoms with E-state index < -0.39 is 18.5 Å². The molecule has 5 nitrogen and oxygen atoms in total. The van der Waals surface area contributed by atoms with Crippen LogP contribution in [0.2, 0.25) is 0 Å². The number of carbonyl (C=O) groups excluding carboxylic acids is 1. The molecule has 0 aliphatic rings. The lowest BCUT2D eigenvalue weighted by atomic mass is 10.0. The molecule has 112 valence electrons. The highest BCUT2D eigenvalue weighted by Crippen LogP contribution is 2.14. The monoisotopic (exact) mass is 288 g/mol. The Kier molecular flexibility index (Phi) is 6.28. The predicted molar refractivity (Wildman–Crippen MR) is 80.8 cm³/mol. The van der Waals surface area contributed by atoms with E-state index in [4.69, 9.17) is 11.5 Å². The van der Waals surface area contributed by atoms with Crippen molar-refractivity contribution in [1.29, 1.82) is 0 Å². The molecule has 0 saturated carbocycles. The highest BCUT2D eigenvalue weighted by atomic mass is 16.4. The van der Waals surface area contributed by atoms with Gasteiger partial charge in [-0.25, -0.2) is 4.79 Å². The van der Waals surface area contributed by atoms with E-state index >= 15 is 0 Å². The van der Waals surface area contributed by atoms with Gasteiger partial charge in [0.05, 0.1) is 6.54 Å². The van der Waals surface area contributed by atoms with Gasteiger partial charge in [0.15, 0.2) is 0 Å². The summed E-state index contributed by atoms with van der Waals surface area (Å²) < 4.78 is 0. The third kappa shape index (κ3) is 5.57. The number of nitrogens with zero attached hydrogens (tertiary/aromatic N) is 1. The first kappa shape index (κ1) is 16.6. The van der Waals surface area contributed by atoms with E-state index in [9.17, 15) is 9.59 Å². The molecule has 1 rings (SSSR count). The SMILES string of the molecule is C#CCN(CC(=O)O)C(=O)NCc1ccc(C(C)C)cc1. The van der Waals surface area contributed by atoms with Gasteiger partial charge < -0.3 is 15.3 Å². The van der Waals surface area contributed by atoms with Crippen molar-refractivity contribution < 1.29 is 14.7 Å². The number of benzene rings is 1. The number of carboxylic acid groups (broad SMARTS) is 1. The van der Waals surface area contributed by atoms with Gasteiger partial charge in [-0.1, -0.05) is 44.0 Å². The fourth-order valence-corrected chi connectivity index (χ4v) is 1.78. The highest BCUT2D eigenvalue weighted by Gasteiger charge is 2.15. The van der Waals surface area contributed by atoms with Gasteiger partial charge in [0, 0.05) is 6.54 Å². The Morgan fingerprint density at radius 1 is 1.33 bits per heavy atom. The van der Waals surface area contributed by atoms with Gasteiger partial charge in [0.25, 0.3) is 0 Å². The quantitative estimate of drug-likeness (QED) is 0.787. The molecule has 5 heteroatoms. The van der Waals surface area contributed by atoms with Crippen LogP contribution in [0.5, 0.6) is 0 Å². The second-order valence-corrected chi connectivity index (χ2v) is 5.01. The number of terminal acetylenes is 1. The minimum atomic E-state index is -1.10. The van der Waals surface area contributed by atoms with Gasteiger partial charge in [0.2, 0.25) is 0 Å². The minimum Gasteiger partial charge on any atom is -0.480 e. The van der Waals surface area contributed by atoms with Crippen molar-refractivity contribution in [3.05, 3.63) is 35.4 Å². The van der Waals surface area contributed by atoms with E-state index in [0.717, 1.165) is 10.5 Å². The van der Waals surface area contributed by atoms with E-state index in [0.29, 0.717) is 12.5 Å². The molecule has 0 bridgehead atoms. The summed E-state index contributed by atoms with van der Waals surface area (Å²) in [4.78, 5) is 23.6. The van der Waals surface area contributed by atoms with Gasteiger partial charge in [-0.15, -0.1) is 6.42 Å². The van der Waals surface area contributed by atoms with Crippen LogP contribution in [0.15, 0.2) is 24.3 Å². The van der Waals surface area contributed by atoms with Gasteiger partial charge in [-0.05, 0) is 17.0 Å². The maximum absolute atomic E-state index is 11.9. The van der Waals surface area contributed by atoms with E-state index in [1.165, 1.54) is 5.56 Å². The Bertz CT molecular complexity index is 529. The minimum absolute atomic E-state index is 0.0373. The molecule has 0 aliphatic carbocycles. The van der Waals surface area contributed by atoms with Crippen LogP contribution in [0.1, 0.15) is 30.9 Å². The third-order valence-electron chi connectivity index (χ3n) is 2.99. The van der Waals surface area contributed by atoms with Crippen LogP contribution in [-0.2, 0) is 11.3 Å². The lowest BCUT2D eigenvalue weighted by Crippen LogP contribution is -2.42. The van der Waals surface area contributed by atoms with Crippen molar-refractivity contribution >= 4 is 12.0 Å². The Morgan fingerprint density at radius 3 is 2.43 bits per heavy atom. The summed E-state index contributed by atoms with van der Waals surface area (Å²) in [5.74, 6) is 1.63. The topological polar surface area (TPSA) is 69.6 Å². The standard InChI is InChI=1S/C16H20N2O3/c1-4-9-18(11-15(19)20)16(21)17-10-13-5-7-14(8-6-13)12(2)3/h1,5-8,12H,9-11H2,2-3H3,(H,17,21)(H,19,20). The van der Waals surface area contributed by atoms with Crippen LogP contribution >= 0.6 is 0 Å². The summed E-state index contributed by atoms with van der Waals surface area (Å²) in [7, 11) is 0. The van der Waals surface area contributed by atoms with Crippen molar-refractivity contribution in [3.8, 4) is 12.3 Å². The number of hydrogen-bond donors (Lipinski definition) is 2. The summed E-state index contributed by atoms with van der Waals surface area (Å²) in [6, 6.07) is 7.44. The number of carbonyl (C=O) groups is 2. The zero-order chi connectivity index (χ0) is 15.8. The molecule has 21 heavy (non-hydrogen) atoms. The van der Waals surface area contributed by atoms with Crippen LogP contribution in [0.4, 0.5) is 4.79 Å². The van der Waals surface area contributed by atoms with Crippen molar-refractivity contribution in [2.75, 3.05) is 13.1 Å². The van der Waals surface area contributed by atoms with Gasteiger partial charge in [0.1, 0.15) is 6.54 Å². The van der Waals surface area contributed by atoms with E-state index in [2.05, 4.69) is 25.1 Å². The molecule has 0 aliphatic heterocycles. The first-order chi connectivity index (χ1) is 9.93. The normalized spacial score (nSPS) is 10.0. The van der Waals surface area contributed by atoms with Crippen LogP contribution in [-0.4, -0.2) is 35.1 Å². The number of amides is 2. The molecule has 0 heterocycles. The molecule has 0 atom stereocenters. The molecular formula is C16H20N2O3. The number of urea groups is 1. The van der Waals surface area contributed by atoms with Gasteiger partial charge in [-0.3, -0.25) is 4.79 Å². The molecule has 0 saturated heterocycles. The van der Waals surface area contributed by atoms with E-state index in [1.807, 2.05) is 24.3 Å². The number of hydrogen-bond acceptors (Lipinski definition) is 2. The first-order valence-electron chi connectivity index (χ1n) is 6.71. The Balaban J connectivity index is 2.58. The molecule has 0 unspecified atom stereocenters. The molecular weight excluding hydrogens is 268 g/mol. The molecule has 0 spiro atoms. The van der Waals surface area contributed by atoms with Crippen molar-refractivity contribution in [2.45, 2.75) is 26.3 Å². The molecule has 0 aromatic heterocycles. The summed E-state index contributed by atoms with van der Waals surface area (Å²) in [5, 5.41) is 11.4. The largest absolute Gasteiger partial charge is 0.480 e. The lowest BCUT2D eigenvalue weighted by Gasteiger charge is -2.18.